The van der Waals surface area contributed by atoms with Gasteiger partial charge in [-0.3, -0.25) is 4.79 Å². The number of carbonyl (C=O) groups is 1. The molecule has 1 heterocycles. The molecule has 1 saturated carbocycles. The number of rotatable bonds is 2. The van der Waals surface area contributed by atoms with E-state index in [1.54, 1.807) is 0 Å². The topological polar surface area (TPSA) is 77.8 Å². The lowest BCUT2D eigenvalue weighted by Gasteiger charge is -2.05. The van der Waals surface area contributed by atoms with Crippen LogP contribution in [0.4, 0.5) is 5.69 Å². The summed E-state index contributed by atoms with van der Waals surface area (Å²) in [6, 6.07) is 5.48. The second-order valence-electron chi connectivity index (χ2n) is 5.20. The van der Waals surface area contributed by atoms with E-state index in [0.717, 1.165) is 9.99 Å². The van der Waals surface area contributed by atoms with Crippen molar-refractivity contribution in [3.05, 3.63) is 22.7 Å². The van der Waals surface area contributed by atoms with Crippen LogP contribution in [0.5, 0.6) is 5.88 Å². The number of aromatic hydroxyl groups is 1. The van der Waals surface area contributed by atoms with Crippen LogP contribution < -0.4 is 0 Å². The second-order valence-corrected chi connectivity index (χ2v) is 9.83. The van der Waals surface area contributed by atoms with Gasteiger partial charge in [0, 0.05) is 9.86 Å². The molecule has 1 amide bonds. The number of fused-ring (bicyclic) bond motifs is 1. The van der Waals surface area contributed by atoms with Crippen LogP contribution in [0.2, 0.25) is 0 Å². The van der Waals surface area contributed by atoms with E-state index in [1.807, 2.05) is 25.1 Å². The number of alkyl halides is 2. The minimum Gasteiger partial charge on any atom is -0.493 e. The fourth-order valence-electron chi connectivity index (χ4n) is 2.11. The van der Waals surface area contributed by atoms with E-state index in [-0.39, 0.29) is 17.5 Å². The Labute approximate surface area is 145 Å². The average Bonchev–Trinajstić information content (AvgIpc) is 2.76. The quantitative estimate of drug-likeness (QED) is 0.462. The Morgan fingerprint density at radius 1 is 1.43 bits per heavy atom. The zero-order valence-electron chi connectivity index (χ0n) is 10.8. The Kier molecular flexibility index (Phi) is 3.53. The van der Waals surface area contributed by atoms with Crippen molar-refractivity contribution < 1.29 is 9.90 Å². The molecule has 2 N–H and O–H groups in total. The molecule has 2 aromatic rings. The van der Waals surface area contributed by atoms with Gasteiger partial charge in [-0.15, -0.1) is 10.2 Å². The highest BCUT2D eigenvalue weighted by molar-refractivity contribution is 9.25. The van der Waals surface area contributed by atoms with E-state index >= 15 is 0 Å². The Bertz CT molecular complexity index is 784. The number of benzene rings is 1. The third-order valence-electron chi connectivity index (χ3n) is 3.70. The number of halogens is 3. The van der Waals surface area contributed by atoms with Gasteiger partial charge in [0.2, 0.25) is 5.88 Å². The second kappa shape index (κ2) is 4.89. The lowest BCUT2D eigenvalue weighted by molar-refractivity contribution is -0.122. The van der Waals surface area contributed by atoms with Crippen molar-refractivity contribution in [3.63, 3.8) is 0 Å². The summed E-state index contributed by atoms with van der Waals surface area (Å²) in [5, 5.41) is 18.3. The third kappa shape index (κ3) is 2.37. The number of H-pyrrole nitrogens is 1. The minimum atomic E-state index is -0.616. The monoisotopic (exact) mass is 477 g/mol. The molecule has 1 aliphatic carbocycles. The molecule has 0 spiro atoms. The highest BCUT2D eigenvalue weighted by Crippen LogP contribution is 2.66. The SMILES string of the molecule is C[C@@]1(C(=O)N=Nc2c(O)[nH]c3cccc(Br)c23)CC1(Br)Br. The van der Waals surface area contributed by atoms with Gasteiger partial charge < -0.3 is 10.1 Å². The summed E-state index contributed by atoms with van der Waals surface area (Å²) in [4.78, 5) is 15.0. The fourth-order valence-corrected chi connectivity index (χ4v) is 4.12. The summed E-state index contributed by atoms with van der Waals surface area (Å²) in [5.41, 5.74) is 0.358. The van der Waals surface area contributed by atoms with Crippen molar-refractivity contribution in [1.29, 1.82) is 0 Å². The molecular formula is C13H10Br3N3O2. The predicted molar refractivity (Wildman–Crippen MR) is 90.5 cm³/mol. The number of hydrogen-bond donors (Lipinski definition) is 2. The van der Waals surface area contributed by atoms with Gasteiger partial charge in [0.25, 0.3) is 5.91 Å². The number of azo groups is 1. The highest BCUT2D eigenvalue weighted by Gasteiger charge is 2.67. The van der Waals surface area contributed by atoms with Gasteiger partial charge in [0.15, 0.2) is 5.69 Å². The molecule has 8 heteroatoms. The Morgan fingerprint density at radius 2 is 2.10 bits per heavy atom. The molecule has 0 radical (unpaired) electrons. The van der Waals surface area contributed by atoms with Crippen LogP contribution in [0.15, 0.2) is 32.9 Å². The first-order chi connectivity index (χ1) is 9.76. The van der Waals surface area contributed by atoms with Gasteiger partial charge in [0.1, 0.15) is 0 Å². The van der Waals surface area contributed by atoms with E-state index in [2.05, 4.69) is 63.0 Å². The number of aromatic amines is 1. The van der Waals surface area contributed by atoms with Crippen molar-refractivity contribution >= 4 is 70.3 Å². The van der Waals surface area contributed by atoms with E-state index in [1.165, 1.54) is 0 Å². The fraction of sp³-hybridized carbons (Fsp3) is 0.308. The minimum absolute atomic E-state index is 0.113. The Hall–Kier alpha value is -0.730. The van der Waals surface area contributed by atoms with Crippen LogP contribution in [0.3, 0.4) is 0 Å². The molecule has 0 unspecified atom stereocenters. The zero-order chi connectivity index (χ0) is 15.4. The zero-order valence-corrected chi connectivity index (χ0v) is 15.6. The average molecular weight is 480 g/mol. The molecule has 1 atom stereocenters. The summed E-state index contributed by atoms with van der Waals surface area (Å²) in [6.07, 6.45) is 0.640. The van der Waals surface area contributed by atoms with Gasteiger partial charge >= 0.3 is 0 Å². The van der Waals surface area contributed by atoms with Crippen LogP contribution >= 0.6 is 47.8 Å². The molecular weight excluding hydrogens is 470 g/mol. The number of amides is 1. The molecule has 5 nitrogen and oxygen atoms in total. The van der Waals surface area contributed by atoms with Crippen molar-refractivity contribution in [2.45, 2.75) is 16.6 Å². The Morgan fingerprint density at radius 3 is 2.71 bits per heavy atom. The summed E-state index contributed by atoms with van der Waals surface area (Å²) in [5.74, 6) is -0.449. The van der Waals surface area contributed by atoms with Gasteiger partial charge in [0.05, 0.1) is 14.2 Å². The number of nitrogens with one attached hydrogen (secondary N) is 1. The molecule has 3 rings (SSSR count). The first-order valence-electron chi connectivity index (χ1n) is 6.09. The predicted octanol–water partition coefficient (Wildman–Crippen LogP) is 5.14. The maximum atomic E-state index is 12.1. The van der Waals surface area contributed by atoms with E-state index in [9.17, 15) is 9.90 Å². The van der Waals surface area contributed by atoms with Gasteiger partial charge in [-0.05, 0) is 25.5 Å². The standard InChI is InChI=1S/C13H10Br3N3O2/c1-12(5-13(12,15)16)11(21)19-18-9-8-6(14)3-2-4-7(8)17-10(9)20/h2-4,17,20H,5H2,1H3/t12-/m0/s1. The molecule has 1 aliphatic rings. The molecule has 1 aromatic carbocycles. The van der Waals surface area contributed by atoms with Gasteiger partial charge in [-0.25, -0.2) is 0 Å². The van der Waals surface area contributed by atoms with Crippen molar-refractivity contribution in [2.75, 3.05) is 0 Å². The number of aromatic nitrogens is 1. The molecule has 1 fully saturated rings. The maximum Gasteiger partial charge on any atom is 0.272 e. The van der Waals surface area contributed by atoms with Gasteiger partial charge in [-0.2, -0.15) is 0 Å². The lowest BCUT2D eigenvalue weighted by Crippen LogP contribution is -2.14. The number of nitrogens with zero attached hydrogens (tertiary/aromatic N) is 2. The normalized spacial score (nSPS) is 23.8. The summed E-state index contributed by atoms with van der Waals surface area (Å²) in [7, 11) is 0. The van der Waals surface area contributed by atoms with Crippen LogP contribution in [-0.4, -0.2) is 19.2 Å². The van der Waals surface area contributed by atoms with Crippen molar-refractivity contribution in [1.82, 2.24) is 4.98 Å². The first-order valence-corrected chi connectivity index (χ1v) is 8.47. The molecule has 110 valence electrons. The smallest absolute Gasteiger partial charge is 0.272 e. The molecule has 0 bridgehead atoms. The highest BCUT2D eigenvalue weighted by atomic mass is 79.9. The van der Waals surface area contributed by atoms with Crippen LogP contribution in [0.25, 0.3) is 10.9 Å². The van der Waals surface area contributed by atoms with Crippen molar-refractivity contribution in [2.24, 2.45) is 15.6 Å². The summed E-state index contributed by atoms with van der Waals surface area (Å²) < 4.78 is 0.359. The maximum absolute atomic E-state index is 12.1. The number of hydrogen-bond acceptors (Lipinski definition) is 3. The summed E-state index contributed by atoms with van der Waals surface area (Å²) >= 11 is 10.3. The van der Waals surface area contributed by atoms with E-state index in [0.29, 0.717) is 11.8 Å². The Balaban J connectivity index is 1.98. The van der Waals surface area contributed by atoms with Crippen LogP contribution in [0.1, 0.15) is 13.3 Å². The first kappa shape index (κ1) is 15.2. The van der Waals surface area contributed by atoms with Crippen LogP contribution in [0, 0.1) is 5.41 Å². The van der Waals surface area contributed by atoms with Crippen molar-refractivity contribution in [3.8, 4) is 5.88 Å². The van der Waals surface area contributed by atoms with Gasteiger partial charge in [-0.1, -0.05) is 53.9 Å². The van der Waals surface area contributed by atoms with E-state index in [4.69, 9.17) is 0 Å². The molecule has 1 aromatic heterocycles. The molecule has 21 heavy (non-hydrogen) atoms. The number of carbonyl (C=O) groups excluding carboxylic acids is 1. The molecule has 0 saturated heterocycles. The largest absolute Gasteiger partial charge is 0.493 e. The molecule has 0 aliphatic heterocycles. The van der Waals surface area contributed by atoms with Crippen LogP contribution in [-0.2, 0) is 4.79 Å². The van der Waals surface area contributed by atoms with E-state index < -0.39 is 8.65 Å². The lowest BCUT2D eigenvalue weighted by atomic mass is 10.1. The third-order valence-corrected chi connectivity index (χ3v) is 6.67. The summed E-state index contributed by atoms with van der Waals surface area (Å²) in [6.45, 7) is 1.81.